The summed E-state index contributed by atoms with van der Waals surface area (Å²) in [5.74, 6) is 0. The number of nitrogens with zero attached hydrogens (tertiary/aromatic N) is 3. The van der Waals surface area contributed by atoms with E-state index in [0.717, 1.165) is 45.8 Å². The Balaban J connectivity index is 1.08. The van der Waals surface area contributed by atoms with Gasteiger partial charge >= 0.3 is 0 Å². The molecule has 0 spiro atoms. The Labute approximate surface area is 194 Å². The summed E-state index contributed by atoms with van der Waals surface area (Å²) in [5, 5.41) is 0. The van der Waals surface area contributed by atoms with E-state index < -0.39 is 0 Å². The summed E-state index contributed by atoms with van der Waals surface area (Å²) >= 11 is 0. The molecule has 0 aromatic carbocycles. The molecule has 0 saturated carbocycles. The highest BCUT2D eigenvalue weighted by Gasteiger charge is 2.56. The van der Waals surface area contributed by atoms with Gasteiger partial charge in [-0.3, -0.25) is 14.7 Å². The van der Waals surface area contributed by atoms with Crippen molar-refractivity contribution in [2.75, 3.05) is 39.4 Å². The van der Waals surface area contributed by atoms with E-state index in [2.05, 4.69) is 49.3 Å². The van der Waals surface area contributed by atoms with E-state index in [0.29, 0.717) is 36.3 Å². The minimum absolute atomic E-state index is 0.0486. The smallest absolute Gasteiger partial charge is 0.0840 e. The molecular weight excluding hydrogens is 402 g/mol. The molecule has 6 rings (SSSR count). The van der Waals surface area contributed by atoms with Crippen molar-refractivity contribution < 1.29 is 14.2 Å². The first kappa shape index (κ1) is 22.2. The van der Waals surface area contributed by atoms with Gasteiger partial charge in [0.25, 0.3) is 0 Å². The minimum Gasteiger partial charge on any atom is -0.372 e. The van der Waals surface area contributed by atoms with Crippen molar-refractivity contribution in [2.45, 2.75) is 126 Å². The van der Waals surface area contributed by atoms with E-state index >= 15 is 0 Å². The molecule has 6 aliphatic heterocycles. The van der Waals surface area contributed by atoms with Crippen molar-refractivity contribution in [3.8, 4) is 0 Å². The number of morpholine rings is 3. The van der Waals surface area contributed by atoms with Gasteiger partial charge in [0.2, 0.25) is 0 Å². The largest absolute Gasteiger partial charge is 0.372 e. The second-order valence-corrected chi connectivity index (χ2v) is 12.9. The van der Waals surface area contributed by atoms with Crippen LogP contribution in [0.3, 0.4) is 0 Å². The molecule has 0 amide bonds. The van der Waals surface area contributed by atoms with Crippen molar-refractivity contribution in [1.29, 1.82) is 0 Å². The maximum absolute atomic E-state index is 6.51. The third-order valence-electron chi connectivity index (χ3n) is 9.87. The lowest BCUT2D eigenvalue weighted by atomic mass is 9.92. The van der Waals surface area contributed by atoms with Crippen LogP contribution in [-0.4, -0.2) is 107 Å². The Morgan fingerprint density at radius 1 is 0.844 bits per heavy atom. The highest BCUT2D eigenvalue weighted by Crippen LogP contribution is 2.47. The van der Waals surface area contributed by atoms with Crippen LogP contribution in [0, 0.1) is 0 Å². The maximum Gasteiger partial charge on any atom is 0.0840 e. The van der Waals surface area contributed by atoms with E-state index in [1.54, 1.807) is 0 Å². The van der Waals surface area contributed by atoms with Crippen molar-refractivity contribution in [2.24, 2.45) is 0 Å². The van der Waals surface area contributed by atoms with Gasteiger partial charge in [-0.2, -0.15) is 0 Å². The predicted octanol–water partition coefficient (Wildman–Crippen LogP) is 2.89. The minimum atomic E-state index is 0.0486. The highest BCUT2D eigenvalue weighted by molar-refractivity contribution is 5.10. The molecular formula is C26H45N3O3. The summed E-state index contributed by atoms with van der Waals surface area (Å²) in [5.41, 5.74) is 0.209. The monoisotopic (exact) mass is 447 g/mol. The summed E-state index contributed by atoms with van der Waals surface area (Å²) < 4.78 is 19.2. The van der Waals surface area contributed by atoms with E-state index in [-0.39, 0.29) is 16.8 Å². The predicted molar refractivity (Wildman–Crippen MR) is 125 cm³/mol. The van der Waals surface area contributed by atoms with Gasteiger partial charge in [0.05, 0.1) is 36.1 Å². The van der Waals surface area contributed by atoms with Gasteiger partial charge in [-0.05, 0) is 73.1 Å². The average molecular weight is 448 g/mol. The van der Waals surface area contributed by atoms with Crippen LogP contribution < -0.4 is 0 Å². The van der Waals surface area contributed by atoms with Gasteiger partial charge in [-0.1, -0.05) is 0 Å². The summed E-state index contributed by atoms with van der Waals surface area (Å²) in [6.07, 6.45) is 7.64. The highest BCUT2D eigenvalue weighted by atomic mass is 16.5. The molecule has 6 heterocycles. The molecule has 0 aromatic heterocycles. The molecule has 32 heavy (non-hydrogen) atoms. The summed E-state index contributed by atoms with van der Waals surface area (Å²) in [6.45, 7) is 18.1. The normalized spacial score (nSPS) is 48.4. The SMILES string of the molecule is CC(C[C@]12C[C@H](CO1)N(C(C)C[C@@]13C[C@@H](CO1)N(C(C)C)C3)C2)N1C[C@@H]2CC[C@](C)(C1)O2. The second kappa shape index (κ2) is 7.63. The third kappa shape index (κ3) is 3.68. The lowest BCUT2D eigenvalue weighted by Crippen LogP contribution is -2.55. The van der Waals surface area contributed by atoms with E-state index in [4.69, 9.17) is 14.2 Å². The summed E-state index contributed by atoms with van der Waals surface area (Å²) in [6, 6.07) is 2.97. The van der Waals surface area contributed by atoms with E-state index in [1.807, 2.05) is 0 Å². The Morgan fingerprint density at radius 2 is 1.47 bits per heavy atom. The molecule has 6 fully saturated rings. The van der Waals surface area contributed by atoms with E-state index in [9.17, 15) is 0 Å². The van der Waals surface area contributed by atoms with Crippen LogP contribution in [0.2, 0.25) is 0 Å². The van der Waals surface area contributed by atoms with Gasteiger partial charge < -0.3 is 14.2 Å². The lowest BCUT2D eigenvalue weighted by molar-refractivity contribution is -0.122. The fraction of sp³-hybridized carbons (Fsp3) is 1.00. The Hall–Kier alpha value is -0.240. The number of hydrogen-bond donors (Lipinski definition) is 0. The molecule has 0 radical (unpaired) electrons. The van der Waals surface area contributed by atoms with Gasteiger partial charge in [-0.25, -0.2) is 0 Å². The number of ether oxygens (including phenoxy) is 3. The van der Waals surface area contributed by atoms with Gasteiger partial charge in [0.1, 0.15) is 0 Å². The van der Waals surface area contributed by atoms with Crippen LogP contribution in [0.25, 0.3) is 0 Å². The fourth-order valence-electron chi connectivity index (χ4n) is 8.39. The summed E-state index contributed by atoms with van der Waals surface area (Å²) in [4.78, 5) is 8.15. The number of hydrogen-bond acceptors (Lipinski definition) is 6. The zero-order valence-electron chi connectivity index (χ0n) is 21.0. The quantitative estimate of drug-likeness (QED) is 0.597. The van der Waals surface area contributed by atoms with Gasteiger partial charge in [-0.15, -0.1) is 0 Å². The Bertz CT molecular complexity index is 735. The maximum atomic E-state index is 6.51. The molecule has 6 nitrogen and oxygen atoms in total. The van der Waals surface area contributed by atoms with Gasteiger partial charge in [0, 0.05) is 56.4 Å². The van der Waals surface area contributed by atoms with Gasteiger partial charge in [0.15, 0.2) is 0 Å². The molecule has 0 N–H and O–H groups in total. The Kier molecular flexibility index (Phi) is 5.30. The van der Waals surface area contributed by atoms with Crippen LogP contribution in [0.15, 0.2) is 0 Å². The van der Waals surface area contributed by atoms with Crippen molar-refractivity contribution in [3.05, 3.63) is 0 Å². The molecule has 2 unspecified atom stereocenters. The van der Waals surface area contributed by atoms with Crippen molar-refractivity contribution in [1.82, 2.24) is 14.7 Å². The molecule has 0 aliphatic carbocycles. The van der Waals surface area contributed by atoms with Crippen molar-refractivity contribution in [3.63, 3.8) is 0 Å². The fourth-order valence-corrected chi connectivity index (χ4v) is 8.39. The standard InChI is InChI=1S/C26H45N3O3/c1-18(2)28-16-26(10-21(28)13-30-26)9-20(4)29-17-25(11-22(29)14-31-25)8-19(3)27-12-23-6-7-24(5,15-27)32-23/h18-23H,6-17H2,1-5H3/t19?,20?,21-,22+,23-,24+,25+,26-/m0/s1. The first-order chi connectivity index (χ1) is 15.2. The van der Waals surface area contributed by atoms with Crippen LogP contribution in [0.1, 0.15) is 73.1 Å². The number of likely N-dealkylation sites (tertiary alicyclic amines) is 3. The zero-order chi connectivity index (χ0) is 22.3. The lowest BCUT2D eigenvalue weighted by Gasteiger charge is -2.44. The van der Waals surface area contributed by atoms with Crippen LogP contribution >= 0.6 is 0 Å². The van der Waals surface area contributed by atoms with Crippen molar-refractivity contribution >= 4 is 0 Å². The van der Waals surface area contributed by atoms with Crippen LogP contribution in [0.5, 0.6) is 0 Å². The number of rotatable bonds is 7. The Morgan fingerprint density at radius 3 is 2.09 bits per heavy atom. The van der Waals surface area contributed by atoms with E-state index in [1.165, 1.54) is 32.1 Å². The second-order valence-electron chi connectivity index (χ2n) is 12.9. The summed E-state index contributed by atoms with van der Waals surface area (Å²) in [7, 11) is 0. The third-order valence-corrected chi connectivity index (χ3v) is 9.87. The van der Waals surface area contributed by atoms with Crippen LogP contribution in [0.4, 0.5) is 0 Å². The first-order valence-electron chi connectivity index (χ1n) is 13.4. The topological polar surface area (TPSA) is 37.4 Å². The number of fused-ring (bicyclic) bond motifs is 6. The molecule has 6 heteroatoms. The van der Waals surface area contributed by atoms with Crippen LogP contribution in [-0.2, 0) is 14.2 Å². The molecule has 8 atom stereocenters. The molecule has 0 aromatic rings. The molecule has 6 bridgehead atoms. The first-order valence-corrected chi connectivity index (χ1v) is 13.4. The average Bonchev–Trinajstić information content (AvgIpc) is 3.53. The zero-order valence-corrected chi connectivity index (χ0v) is 21.0. The molecule has 182 valence electrons. The molecule has 6 aliphatic rings. The molecule has 6 saturated heterocycles.